The molecule has 10 rings (SSSR count). The zero-order valence-electron chi connectivity index (χ0n) is 44.0. The number of carbonyl (C=O) groups is 2. The van der Waals surface area contributed by atoms with E-state index in [4.69, 9.17) is 0 Å². The van der Waals surface area contributed by atoms with Crippen LogP contribution in [-0.4, -0.2) is 77.2 Å². The maximum atomic E-state index is 13.6. The second-order valence-corrected chi connectivity index (χ2v) is 17.6. The number of amides is 2. The van der Waals surface area contributed by atoms with Crippen LogP contribution in [0.3, 0.4) is 0 Å². The molecule has 10 aromatic rings. The van der Waals surface area contributed by atoms with Crippen molar-refractivity contribution in [3.05, 3.63) is 216 Å². The number of alkyl halides is 6. The first kappa shape index (κ1) is 65.9. The Hall–Kier alpha value is -9.66. The van der Waals surface area contributed by atoms with E-state index < -0.39 is 35.3 Å². The Morgan fingerprint density at radius 2 is 0.880 bits per heavy atom. The first-order chi connectivity index (χ1) is 37.3. The van der Waals surface area contributed by atoms with Gasteiger partial charge in [0.25, 0.3) is 11.8 Å². The first-order valence-corrected chi connectivity index (χ1v) is 23.6. The summed E-state index contributed by atoms with van der Waals surface area (Å²) >= 11 is 0. The third-order valence-electron chi connectivity index (χ3n) is 11.7. The molecule has 4 aromatic carbocycles. The zero-order chi connectivity index (χ0) is 55.1. The van der Waals surface area contributed by atoms with E-state index in [9.17, 15) is 35.9 Å². The van der Waals surface area contributed by atoms with Gasteiger partial charge in [0.15, 0.2) is 0 Å². The standard InChI is InChI=1S/2C28H22F3N7O.2ClH.3H2O/c2*1-17-5-6-19(10-25(17)37-27-33-9-7-24(36-27)20-4-3-8-32-14-20)26(39)35-22-11-21(28(29,30)31)12-23(13-22)38-15-18(2)34-16-38;;;;;/h2*3-16H,1-2H3,(H,35,39)(H,33,36,37);2*1H;3*1H2. The number of aryl methyl sites for hydroxylation is 4. The fourth-order valence-corrected chi connectivity index (χ4v) is 7.75. The molecule has 0 radical (unpaired) electrons. The molecule has 0 fully saturated rings. The van der Waals surface area contributed by atoms with Gasteiger partial charge in [0, 0.05) is 106 Å². The number of hydrogen-bond acceptors (Lipinski definition) is 12. The van der Waals surface area contributed by atoms with Gasteiger partial charge in [-0.2, -0.15) is 26.3 Å². The largest absolute Gasteiger partial charge is 0.416 e. The normalized spacial score (nSPS) is 10.6. The van der Waals surface area contributed by atoms with Crippen molar-refractivity contribution in [2.75, 3.05) is 21.3 Å². The van der Waals surface area contributed by atoms with Gasteiger partial charge in [0.05, 0.1) is 46.6 Å². The topological polar surface area (TPSA) is 290 Å². The number of benzene rings is 4. The number of imidazole rings is 2. The monoisotopic (exact) mass is 1180 g/mol. The van der Waals surface area contributed by atoms with Crippen molar-refractivity contribution in [2.45, 2.75) is 40.0 Å². The number of hydrogen-bond donors (Lipinski definition) is 4. The highest BCUT2D eigenvalue weighted by Crippen LogP contribution is 2.35. The number of pyridine rings is 2. The lowest BCUT2D eigenvalue weighted by atomic mass is 10.1. The second kappa shape index (κ2) is 28.2. The Balaban J connectivity index is 0.000000336. The summed E-state index contributed by atoms with van der Waals surface area (Å²) in [6, 6.07) is 27.4. The van der Waals surface area contributed by atoms with Gasteiger partial charge in [-0.25, -0.2) is 29.9 Å². The Morgan fingerprint density at radius 1 is 0.482 bits per heavy atom. The summed E-state index contributed by atoms with van der Waals surface area (Å²) in [6.45, 7) is 7.16. The van der Waals surface area contributed by atoms with Crippen LogP contribution in [0.25, 0.3) is 33.9 Å². The van der Waals surface area contributed by atoms with E-state index in [2.05, 4.69) is 61.1 Å². The molecular formula is C56H52Cl2F6N14O5. The van der Waals surface area contributed by atoms with Crippen LogP contribution in [0, 0.1) is 27.7 Å². The maximum absolute atomic E-state index is 13.6. The molecule has 0 aliphatic carbocycles. The molecule has 0 atom stereocenters. The molecule has 0 bridgehead atoms. The molecule has 0 saturated carbocycles. The smallest absolute Gasteiger partial charge is 0.412 e. The van der Waals surface area contributed by atoms with E-state index in [1.54, 1.807) is 124 Å². The number of nitrogens with zero attached hydrogens (tertiary/aromatic N) is 10. The Labute approximate surface area is 482 Å². The summed E-state index contributed by atoms with van der Waals surface area (Å²) in [4.78, 5) is 60.1. The molecule has 0 saturated heterocycles. The number of nitrogens with one attached hydrogen (secondary N) is 4. The summed E-state index contributed by atoms with van der Waals surface area (Å²) in [5, 5.41) is 11.4. The van der Waals surface area contributed by atoms with Crippen molar-refractivity contribution in [3.63, 3.8) is 0 Å². The fraction of sp³-hybridized carbons (Fsp3) is 0.107. The number of rotatable bonds is 12. The van der Waals surface area contributed by atoms with Crippen LogP contribution in [-0.2, 0) is 12.4 Å². The van der Waals surface area contributed by atoms with Gasteiger partial charge in [0.2, 0.25) is 11.9 Å². The quantitative estimate of drug-likeness (QED) is 0.0831. The predicted molar refractivity (Wildman–Crippen MR) is 307 cm³/mol. The van der Waals surface area contributed by atoms with Crippen LogP contribution in [0.5, 0.6) is 0 Å². The minimum absolute atomic E-state index is 0. The van der Waals surface area contributed by atoms with Gasteiger partial charge in [-0.1, -0.05) is 12.1 Å². The number of carbonyl (C=O) groups excluding carboxylic acids is 2. The Morgan fingerprint density at radius 3 is 1.22 bits per heavy atom. The lowest BCUT2D eigenvalue weighted by Gasteiger charge is -2.14. The Bertz CT molecular complexity index is 3570. The van der Waals surface area contributed by atoms with Gasteiger partial charge in [-0.15, -0.1) is 24.8 Å². The predicted octanol–water partition coefficient (Wildman–Crippen LogP) is 11.1. The lowest BCUT2D eigenvalue weighted by Crippen LogP contribution is -2.14. The molecule has 0 aliphatic rings. The summed E-state index contributed by atoms with van der Waals surface area (Å²) in [6.07, 6.45) is 6.77. The molecule has 19 nitrogen and oxygen atoms in total. The molecular weight excluding hydrogens is 1130 g/mol. The van der Waals surface area contributed by atoms with Crippen molar-refractivity contribution in [1.29, 1.82) is 0 Å². The average Bonchev–Trinajstić information content (AvgIpc) is 4.25. The van der Waals surface area contributed by atoms with Crippen LogP contribution in [0.15, 0.2) is 171 Å². The highest BCUT2D eigenvalue weighted by Gasteiger charge is 2.33. The van der Waals surface area contributed by atoms with Gasteiger partial charge in [-0.05, 0) is 136 Å². The summed E-state index contributed by atoms with van der Waals surface area (Å²) in [5.74, 6) is -0.518. The lowest BCUT2D eigenvalue weighted by molar-refractivity contribution is -0.138. The van der Waals surface area contributed by atoms with Crippen LogP contribution >= 0.6 is 24.8 Å². The van der Waals surface area contributed by atoms with Crippen LogP contribution in [0.4, 0.5) is 61.0 Å². The van der Waals surface area contributed by atoms with Crippen molar-refractivity contribution in [1.82, 2.24) is 49.0 Å². The van der Waals surface area contributed by atoms with Gasteiger partial charge < -0.3 is 46.8 Å². The zero-order valence-corrected chi connectivity index (χ0v) is 45.7. The highest BCUT2D eigenvalue weighted by molar-refractivity contribution is 6.06. The molecule has 6 aromatic heterocycles. The molecule has 0 spiro atoms. The van der Waals surface area contributed by atoms with E-state index in [1.807, 2.05) is 26.0 Å². The first-order valence-electron chi connectivity index (χ1n) is 23.6. The Kier molecular flexibility index (Phi) is 22.3. The molecule has 6 heterocycles. The molecule has 27 heteroatoms. The van der Waals surface area contributed by atoms with Crippen molar-refractivity contribution in [2.24, 2.45) is 0 Å². The van der Waals surface area contributed by atoms with Crippen LogP contribution in [0.1, 0.15) is 54.4 Å². The van der Waals surface area contributed by atoms with Gasteiger partial charge in [0.1, 0.15) is 0 Å². The van der Waals surface area contributed by atoms with E-state index in [0.717, 1.165) is 46.5 Å². The van der Waals surface area contributed by atoms with Crippen molar-refractivity contribution in [3.8, 4) is 33.9 Å². The van der Waals surface area contributed by atoms with Crippen LogP contribution < -0.4 is 21.3 Å². The minimum atomic E-state index is -4.60. The summed E-state index contributed by atoms with van der Waals surface area (Å²) < 4.78 is 84.6. The maximum Gasteiger partial charge on any atom is 0.416 e. The average molecular weight is 1190 g/mol. The van der Waals surface area contributed by atoms with Crippen molar-refractivity contribution >= 4 is 71.3 Å². The highest BCUT2D eigenvalue weighted by atomic mass is 35.5. The van der Waals surface area contributed by atoms with Gasteiger partial charge in [-0.3, -0.25) is 19.6 Å². The number of halogens is 8. The summed E-state index contributed by atoms with van der Waals surface area (Å²) in [7, 11) is 0. The molecule has 10 N–H and O–H groups in total. The molecule has 432 valence electrons. The van der Waals surface area contributed by atoms with E-state index in [1.165, 1.54) is 33.9 Å². The van der Waals surface area contributed by atoms with E-state index in [-0.39, 0.29) is 75.1 Å². The van der Waals surface area contributed by atoms with Gasteiger partial charge >= 0.3 is 12.4 Å². The fourth-order valence-electron chi connectivity index (χ4n) is 7.75. The molecule has 0 unspecified atom stereocenters. The SMILES string of the molecule is Cc1cn(-c2cc(NC(=O)c3ccc(C)c(Nc4nccc(-c5cccnc5)n4)c3)cc(C(F)(F)F)c2)cn1.Cc1cn(-c2cc(NC(=O)c3ccc(C)c(Nc4nccc(-c5cccnc5)n4)c3)cc(C(F)(F)F)c2)cn1.Cl.Cl.O.O.O. The number of anilines is 6. The summed E-state index contributed by atoms with van der Waals surface area (Å²) in [5.41, 5.74) is 6.18. The van der Waals surface area contributed by atoms with E-state index in [0.29, 0.717) is 46.0 Å². The second-order valence-electron chi connectivity index (χ2n) is 17.6. The molecule has 83 heavy (non-hydrogen) atoms. The van der Waals surface area contributed by atoms with E-state index >= 15 is 0 Å². The molecule has 0 aliphatic heterocycles. The minimum Gasteiger partial charge on any atom is -0.412 e. The molecule has 2 amide bonds. The third-order valence-corrected chi connectivity index (χ3v) is 11.7. The van der Waals surface area contributed by atoms with Crippen molar-refractivity contribution < 1.29 is 52.4 Å². The number of aromatic nitrogens is 10. The van der Waals surface area contributed by atoms with Crippen LogP contribution in [0.2, 0.25) is 0 Å². The third kappa shape index (κ3) is 16.7.